The number of carbonyl (C=O) groups is 2. The van der Waals surface area contributed by atoms with E-state index in [4.69, 9.17) is 0 Å². The number of hydrogen-bond donors (Lipinski definition) is 2. The topological polar surface area (TPSA) is 64.7 Å². The number of para-hydroxylation sites is 1. The maximum atomic E-state index is 12.4. The molecular weight excluding hydrogens is 340 g/mol. The summed E-state index contributed by atoms with van der Waals surface area (Å²) in [5.41, 5.74) is 2.20. The summed E-state index contributed by atoms with van der Waals surface area (Å²) in [6, 6.07) is 19.1. The summed E-state index contributed by atoms with van der Waals surface area (Å²) >= 11 is 0. The van der Waals surface area contributed by atoms with Crippen LogP contribution in [0.2, 0.25) is 0 Å². The highest BCUT2D eigenvalue weighted by Gasteiger charge is 2.24. The van der Waals surface area contributed by atoms with Gasteiger partial charge in [0.25, 0.3) is 0 Å². The molecule has 3 amide bonds. The fourth-order valence-electron chi connectivity index (χ4n) is 3.09. The minimum absolute atomic E-state index is 0.185. The highest BCUT2D eigenvalue weighted by atomic mass is 16.2. The average Bonchev–Trinajstić information content (AvgIpc) is 2.73. The van der Waals surface area contributed by atoms with E-state index in [9.17, 15) is 9.59 Å². The van der Waals surface area contributed by atoms with Crippen LogP contribution in [0.25, 0.3) is 0 Å². The van der Waals surface area contributed by atoms with E-state index in [1.54, 1.807) is 11.8 Å². The van der Waals surface area contributed by atoms with Crippen LogP contribution in [0.3, 0.4) is 0 Å². The van der Waals surface area contributed by atoms with E-state index < -0.39 is 6.04 Å². The molecule has 1 aliphatic rings. The number of anilines is 1. The van der Waals surface area contributed by atoms with Crippen molar-refractivity contribution >= 4 is 17.6 Å². The Morgan fingerprint density at radius 2 is 1.52 bits per heavy atom. The van der Waals surface area contributed by atoms with E-state index in [2.05, 4.69) is 27.7 Å². The lowest BCUT2D eigenvalue weighted by Gasteiger charge is -2.36. The number of rotatable bonds is 5. The summed E-state index contributed by atoms with van der Waals surface area (Å²) in [5.74, 6) is -0.185. The first-order valence-electron chi connectivity index (χ1n) is 9.30. The molecule has 6 nitrogen and oxygen atoms in total. The minimum atomic E-state index is -0.576. The highest BCUT2D eigenvalue weighted by molar-refractivity contribution is 5.86. The molecule has 1 unspecified atom stereocenters. The van der Waals surface area contributed by atoms with Crippen LogP contribution in [-0.2, 0) is 11.3 Å². The Morgan fingerprint density at radius 3 is 2.15 bits per heavy atom. The monoisotopic (exact) mass is 366 g/mol. The third kappa shape index (κ3) is 5.23. The first kappa shape index (κ1) is 18.8. The Bertz CT molecular complexity index is 743. The van der Waals surface area contributed by atoms with Gasteiger partial charge >= 0.3 is 6.03 Å². The van der Waals surface area contributed by atoms with E-state index in [1.165, 1.54) is 5.69 Å². The van der Waals surface area contributed by atoms with Crippen LogP contribution in [-0.4, -0.2) is 49.1 Å². The Balaban J connectivity index is 1.42. The molecule has 0 aliphatic carbocycles. The highest BCUT2D eigenvalue weighted by Crippen LogP contribution is 2.15. The Labute approximate surface area is 160 Å². The maximum absolute atomic E-state index is 12.4. The molecule has 2 N–H and O–H groups in total. The normalized spacial score (nSPS) is 15.1. The van der Waals surface area contributed by atoms with Gasteiger partial charge in [-0.15, -0.1) is 0 Å². The molecule has 27 heavy (non-hydrogen) atoms. The molecule has 0 aromatic heterocycles. The third-order valence-electron chi connectivity index (χ3n) is 4.73. The second kappa shape index (κ2) is 9.07. The summed E-state index contributed by atoms with van der Waals surface area (Å²) in [5, 5.41) is 5.65. The van der Waals surface area contributed by atoms with Gasteiger partial charge in [0, 0.05) is 38.4 Å². The number of amides is 3. The zero-order valence-electron chi connectivity index (χ0n) is 15.6. The van der Waals surface area contributed by atoms with E-state index >= 15 is 0 Å². The number of nitrogens with zero attached hydrogens (tertiary/aromatic N) is 2. The van der Waals surface area contributed by atoms with Crippen LogP contribution in [0.4, 0.5) is 10.5 Å². The largest absolute Gasteiger partial charge is 0.368 e. The summed E-state index contributed by atoms with van der Waals surface area (Å²) in [6.45, 7) is 5.00. The van der Waals surface area contributed by atoms with E-state index in [1.807, 2.05) is 48.5 Å². The van der Waals surface area contributed by atoms with Gasteiger partial charge in [-0.1, -0.05) is 48.5 Å². The zero-order valence-corrected chi connectivity index (χ0v) is 15.6. The van der Waals surface area contributed by atoms with Crippen LogP contribution in [0.1, 0.15) is 12.5 Å². The molecule has 0 spiro atoms. The lowest BCUT2D eigenvalue weighted by Crippen LogP contribution is -2.55. The van der Waals surface area contributed by atoms with Gasteiger partial charge in [0.2, 0.25) is 5.91 Å². The van der Waals surface area contributed by atoms with Gasteiger partial charge in [0.05, 0.1) is 0 Å². The van der Waals surface area contributed by atoms with Gasteiger partial charge in [-0.3, -0.25) is 4.79 Å². The Hall–Kier alpha value is -3.02. The van der Waals surface area contributed by atoms with Crippen molar-refractivity contribution in [1.82, 2.24) is 15.5 Å². The summed E-state index contributed by atoms with van der Waals surface area (Å²) < 4.78 is 0. The number of piperazine rings is 1. The van der Waals surface area contributed by atoms with Crippen molar-refractivity contribution in [1.29, 1.82) is 0 Å². The third-order valence-corrected chi connectivity index (χ3v) is 4.73. The minimum Gasteiger partial charge on any atom is -0.368 e. The van der Waals surface area contributed by atoms with Crippen LogP contribution in [0.5, 0.6) is 0 Å². The SMILES string of the molecule is CC(NC(=O)N1CCN(c2ccccc2)CC1)C(=O)NCc1ccccc1. The first-order valence-corrected chi connectivity index (χ1v) is 9.30. The molecule has 6 heteroatoms. The molecule has 1 aliphatic heterocycles. The van der Waals surface area contributed by atoms with Crippen LogP contribution in [0, 0.1) is 0 Å². The maximum Gasteiger partial charge on any atom is 0.318 e. The quantitative estimate of drug-likeness (QED) is 0.853. The van der Waals surface area contributed by atoms with Crippen LogP contribution in [0.15, 0.2) is 60.7 Å². The van der Waals surface area contributed by atoms with Gasteiger partial charge in [-0.2, -0.15) is 0 Å². The molecule has 1 fully saturated rings. The molecule has 3 rings (SSSR count). The lowest BCUT2D eigenvalue weighted by molar-refractivity contribution is -0.122. The van der Waals surface area contributed by atoms with Crippen molar-refractivity contribution in [2.75, 3.05) is 31.1 Å². The Morgan fingerprint density at radius 1 is 0.926 bits per heavy atom. The summed E-state index contributed by atoms with van der Waals surface area (Å²) in [6.07, 6.45) is 0. The van der Waals surface area contributed by atoms with Gasteiger partial charge in [0.1, 0.15) is 6.04 Å². The number of nitrogens with one attached hydrogen (secondary N) is 2. The number of carbonyl (C=O) groups excluding carboxylic acids is 2. The predicted octanol–water partition coefficient (Wildman–Crippen LogP) is 2.22. The van der Waals surface area contributed by atoms with Gasteiger partial charge in [-0.25, -0.2) is 4.79 Å². The predicted molar refractivity (Wildman–Crippen MR) is 107 cm³/mol. The van der Waals surface area contributed by atoms with Crippen molar-refractivity contribution in [2.45, 2.75) is 19.5 Å². The second-order valence-corrected chi connectivity index (χ2v) is 6.68. The molecular formula is C21H26N4O2. The smallest absolute Gasteiger partial charge is 0.318 e. The van der Waals surface area contributed by atoms with E-state index in [0.29, 0.717) is 19.6 Å². The molecule has 142 valence electrons. The van der Waals surface area contributed by atoms with Gasteiger partial charge in [-0.05, 0) is 24.6 Å². The van der Waals surface area contributed by atoms with Crippen molar-refractivity contribution in [3.63, 3.8) is 0 Å². The standard InChI is InChI=1S/C21H26N4O2/c1-17(20(26)22-16-18-8-4-2-5-9-18)23-21(27)25-14-12-24(13-15-25)19-10-6-3-7-11-19/h2-11,17H,12-16H2,1H3,(H,22,26)(H,23,27). The molecule has 2 aromatic rings. The van der Waals surface area contributed by atoms with Gasteiger partial charge < -0.3 is 20.4 Å². The van der Waals surface area contributed by atoms with Crippen molar-refractivity contribution in [3.05, 3.63) is 66.2 Å². The van der Waals surface area contributed by atoms with Crippen molar-refractivity contribution in [3.8, 4) is 0 Å². The molecule has 1 atom stereocenters. The van der Waals surface area contributed by atoms with E-state index in [-0.39, 0.29) is 11.9 Å². The Kier molecular flexibility index (Phi) is 6.30. The van der Waals surface area contributed by atoms with Crippen LogP contribution >= 0.6 is 0 Å². The second-order valence-electron chi connectivity index (χ2n) is 6.68. The fraction of sp³-hybridized carbons (Fsp3) is 0.333. The molecule has 0 bridgehead atoms. The van der Waals surface area contributed by atoms with Crippen LogP contribution < -0.4 is 15.5 Å². The average molecular weight is 366 g/mol. The van der Waals surface area contributed by atoms with Gasteiger partial charge in [0.15, 0.2) is 0 Å². The summed E-state index contributed by atoms with van der Waals surface area (Å²) in [7, 11) is 0. The number of urea groups is 1. The molecule has 0 radical (unpaired) electrons. The number of benzene rings is 2. The lowest BCUT2D eigenvalue weighted by atomic mass is 10.2. The zero-order chi connectivity index (χ0) is 19.1. The first-order chi connectivity index (χ1) is 13.1. The molecule has 2 aromatic carbocycles. The number of hydrogen-bond acceptors (Lipinski definition) is 3. The fourth-order valence-corrected chi connectivity index (χ4v) is 3.09. The van der Waals surface area contributed by atoms with Crippen molar-refractivity contribution in [2.24, 2.45) is 0 Å². The molecule has 1 heterocycles. The summed E-state index contributed by atoms with van der Waals surface area (Å²) in [4.78, 5) is 28.7. The van der Waals surface area contributed by atoms with E-state index in [0.717, 1.165) is 18.7 Å². The molecule has 0 saturated carbocycles. The van der Waals surface area contributed by atoms with Crippen molar-refractivity contribution < 1.29 is 9.59 Å². The molecule has 1 saturated heterocycles.